The first-order chi connectivity index (χ1) is 8.27. The summed E-state index contributed by atoms with van der Waals surface area (Å²) in [6.07, 6.45) is 0.666. The molecule has 0 radical (unpaired) electrons. The van der Waals surface area contributed by atoms with Crippen LogP contribution in [-0.4, -0.2) is 14.2 Å². The normalized spacial score (nSPS) is 12.1. The van der Waals surface area contributed by atoms with Gasteiger partial charge in [0.1, 0.15) is 0 Å². The van der Waals surface area contributed by atoms with Gasteiger partial charge in [-0.25, -0.2) is 8.42 Å². The standard InChI is InChI=1S/C14H19NO2S/c1-14(2,3)12-6-8-13(9-7-12)18(16,17)11-5-4-10-15/h6-9H,4-5,11H2,1-3H3. The lowest BCUT2D eigenvalue weighted by Crippen LogP contribution is -2.12. The number of benzene rings is 1. The second-order valence-corrected chi connectivity index (χ2v) is 7.46. The Balaban J connectivity index is 2.89. The Morgan fingerprint density at radius 3 is 2.17 bits per heavy atom. The van der Waals surface area contributed by atoms with E-state index in [1.54, 1.807) is 12.1 Å². The van der Waals surface area contributed by atoms with E-state index in [1.807, 2.05) is 18.2 Å². The maximum Gasteiger partial charge on any atom is 0.178 e. The molecule has 0 N–H and O–H groups in total. The van der Waals surface area contributed by atoms with Crippen LogP contribution < -0.4 is 0 Å². The molecular weight excluding hydrogens is 246 g/mol. The van der Waals surface area contributed by atoms with E-state index in [2.05, 4.69) is 20.8 Å². The number of hydrogen-bond donors (Lipinski definition) is 0. The largest absolute Gasteiger partial charge is 0.224 e. The maximum atomic E-state index is 12.0. The fourth-order valence-corrected chi connectivity index (χ4v) is 2.93. The van der Waals surface area contributed by atoms with Crippen LogP contribution in [0, 0.1) is 11.3 Å². The lowest BCUT2D eigenvalue weighted by atomic mass is 9.87. The van der Waals surface area contributed by atoms with Crippen LogP contribution in [0.5, 0.6) is 0 Å². The Bertz CT molecular complexity index is 531. The van der Waals surface area contributed by atoms with Gasteiger partial charge in [-0.15, -0.1) is 0 Å². The van der Waals surface area contributed by atoms with Gasteiger partial charge in [-0.1, -0.05) is 32.9 Å². The number of nitrogens with zero attached hydrogens (tertiary/aromatic N) is 1. The van der Waals surface area contributed by atoms with Gasteiger partial charge in [-0.2, -0.15) is 5.26 Å². The molecule has 0 heterocycles. The van der Waals surface area contributed by atoms with E-state index >= 15 is 0 Å². The molecule has 0 atom stereocenters. The molecule has 98 valence electrons. The van der Waals surface area contributed by atoms with Crippen molar-refractivity contribution < 1.29 is 8.42 Å². The molecule has 0 aliphatic heterocycles. The highest BCUT2D eigenvalue weighted by molar-refractivity contribution is 7.91. The maximum absolute atomic E-state index is 12.0. The van der Waals surface area contributed by atoms with E-state index in [1.165, 1.54) is 0 Å². The van der Waals surface area contributed by atoms with Gasteiger partial charge >= 0.3 is 0 Å². The highest BCUT2D eigenvalue weighted by atomic mass is 32.2. The van der Waals surface area contributed by atoms with E-state index in [-0.39, 0.29) is 17.6 Å². The van der Waals surface area contributed by atoms with Gasteiger partial charge in [0.05, 0.1) is 16.7 Å². The SMILES string of the molecule is CC(C)(C)c1ccc(S(=O)(=O)CCCC#N)cc1. The number of sulfone groups is 1. The van der Waals surface area contributed by atoms with Crippen molar-refractivity contribution in [2.45, 2.75) is 43.9 Å². The third-order valence-electron chi connectivity index (χ3n) is 2.78. The second kappa shape index (κ2) is 5.53. The van der Waals surface area contributed by atoms with Crippen molar-refractivity contribution in [2.24, 2.45) is 0 Å². The fourth-order valence-electron chi connectivity index (χ4n) is 1.62. The highest BCUT2D eigenvalue weighted by Crippen LogP contribution is 2.23. The predicted octanol–water partition coefficient (Wildman–Crippen LogP) is 3.06. The summed E-state index contributed by atoms with van der Waals surface area (Å²) < 4.78 is 23.9. The molecular formula is C14H19NO2S. The van der Waals surface area contributed by atoms with Crippen molar-refractivity contribution in [1.82, 2.24) is 0 Å². The molecule has 0 saturated heterocycles. The zero-order valence-electron chi connectivity index (χ0n) is 11.1. The van der Waals surface area contributed by atoms with E-state index in [0.29, 0.717) is 11.3 Å². The number of rotatable bonds is 4. The van der Waals surface area contributed by atoms with Crippen molar-refractivity contribution in [3.8, 4) is 6.07 Å². The predicted molar refractivity (Wildman–Crippen MR) is 72.0 cm³/mol. The van der Waals surface area contributed by atoms with Crippen LogP contribution in [0.3, 0.4) is 0 Å². The van der Waals surface area contributed by atoms with Gasteiger partial charge in [-0.05, 0) is 29.5 Å². The Morgan fingerprint density at radius 2 is 1.72 bits per heavy atom. The van der Waals surface area contributed by atoms with E-state index in [0.717, 1.165) is 5.56 Å². The summed E-state index contributed by atoms with van der Waals surface area (Å²) in [6.45, 7) is 6.26. The van der Waals surface area contributed by atoms with Crippen molar-refractivity contribution in [2.75, 3.05) is 5.75 Å². The van der Waals surface area contributed by atoms with Crippen molar-refractivity contribution >= 4 is 9.84 Å². The summed E-state index contributed by atoms with van der Waals surface area (Å²) >= 11 is 0. The molecule has 1 aromatic rings. The summed E-state index contributed by atoms with van der Waals surface area (Å²) in [5, 5.41) is 8.41. The molecule has 0 spiro atoms. The van der Waals surface area contributed by atoms with Crippen molar-refractivity contribution in [1.29, 1.82) is 5.26 Å². The molecule has 0 aliphatic carbocycles. The molecule has 0 amide bonds. The van der Waals surface area contributed by atoms with Crippen LogP contribution in [0.2, 0.25) is 0 Å². The van der Waals surface area contributed by atoms with Gasteiger partial charge in [-0.3, -0.25) is 0 Å². The molecule has 0 fully saturated rings. The first-order valence-electron chi connectivity index (χ1n) is 5.97. The second-order valence-electron chi connectivity index (χ2n) is 5.35. The van der Waals surface area contributed by atoms with Crippen LogP contribution in [-0.2, 0) is 15.3 Å². The summed E-state index contributed by atoms with van der Waals surface area (Å²) in [4.78, 5) is 0.341. The van der Waals surface area contributed by atoms with E-state index in [9.17, 15) is 8.42 Å². The van der Waals surface area contributed by atoms with Gasteiger partial charge in [0.25, 0.3) is 0 Å². The molecule has 0 aliphatic rings. The first kappa shape index (κ1) is 14.7. The molecule has 18 heavy (non-hydrogen) atoms. The van der Waals surface area contributed by atoms with Crippen molar-refractivity contribution in [3.05, 3.63) is 29.8 Å². The minimum atomic E-state index is -3.25. The molecule has 1 rings (SSSR count). The quantitative estimate of drug-likeness (QED) is 0.786. The Labute approximate surface area is 109 Å². The van der Waals surface area contributed by atoms with Gasteiger partial charge in [0, 0.05) is 6.42 Å². The lowest BCUT2D eigenvalue weighted by molar-refractivity contribution is 0.585. The Morgan fingerprint density at radius 1 is 1.17 bits per heavy atom. The monoisotopic (exact) mass is 265 g/mol. The smallest absolute Gasteiger partial charge is 0.178 e. The lowest BCUT2D eigenvalue weighted by Gasteiger charge is -2.19. The number of hydrogen-bond acceptors (Lipinski definition) is 3. The van der Waals surface area contributed by atoms with Crippen molar-refractivity contribution in [3.63, 3.8) is 0 Å². The molecule has 4 heteroatoms. The summed E-state index contributed by atoms with van der Waals surface area (Å²) in [5.74, 6) is 0.0371. The minimum absolute atomic E-state index is 0.0170. The molecule has 0 saturated carbocycles. The third kappa shape index (κ3) is 3.85. The summed E-state index contributed by atoms with van der Waals surface area (Å²) in [6, 6.07) is 8.98. The van der Waals surface area contributed by atoms with Crippen LogP contribution in [0.25, 0.3) is 0 Å². The molecule has 0 unspecified atom stereocenters. The summed E-state index contributed by atoms with van der Waals surface area (Å²) in [5.41, 5.74) is 1.13. The molecule has 3 nitrogen and oxygen atoms in total. The zero-order chi connectivity index (χ0) is 13.8. The molecule has 0 bridgehead atoms. The van der Waals surface area contributed by atoms with E-state index < -0.39 is 9.84 Å². The minimum Gasteiger partial charge on any atom is -0.224 e. The molecule has 1 aromatic carbocycles. The van der Waals surface area contributed by atoms with Gasteiger partial charge < -0.3 is 0 Å². The van der Waals surface area contributed by atoms with Crippen LogP contribution in [0.1, 0.15) is 39.2 Å². The van der Waals surface area contributed by atoms with E-state index in [4.69, 9.17) is 5.26 Å². The van der Waals surface area contributed by atoms with Gasteiger partial charge in [0.15, 0.2) is 9.84 Å². The zero-order valence-corrected chi connectivity index (χ0v) is 11.9. The summed E-state index contributed by atoms with van der Waals surface area (Å²) in [7, 11) is -3.25. The number of nitriles is 1. The Hall–Kier alpha value is -1.34. The number of unbranched alkanes of at least 4 members (excludes halogenated alkanes) is 1. The van der Waals surface area contributed by atoms with Crippen LogP contribution in [0.15, 0.2) is 29.2 Å². The highest BCUT2D eigenvalue weighted by Gasteiger charge is 2.17. The average Bonchev–Trinajstić information content (AvgIpc) is 2.28. The fraction of sp³-hybridized carbons (Fsp3) is 0.500. The first-order valence-corrected chi connectivity index (χ1v) is 7.63. The average molecular weight is 265 g/mol. The Kier molecular flexibility index (Phi) is 4.53. The topological polar surface area (TPSA) is 57.9 Å². The van der Waals surface area contributed by atoms with Gasteiger partial charge in [0.2, 0.25) is 0 Å². The van der Waals surface area contributed by atoms with Crippen LogP contribution in [0.4, 0.5) is 0 Å². The van der Waals surface area contributed by atoms with Crippen LogP contribution >= 0.6 is 0 Å². The third-order valence-corrected chi connectivity index (χ3v) is 4.60. The molecule has 0 aromatic heterocycles.